The number of hydrogen-bond donors (Lipinski definition) is 1. The van der Waals surface area contributed by atoms with Gasteiger partial charge >= 0.3 is 5.91 Å². The van der Waals surface area contributed by atoms with E-state index in [0.29, 0.717) is 12.2 Å². The van der Waals surface area contributed by atoms with E-state index in [1.807, 2.05) is 48.5 Å². The van der Waals surface area contributed by atoms with Crippen molar-refractivity contribution in [3.63, 3.8) is 0 Å². The molecule has 0 saturated heterocycles. The molecule has 1 heterocycles. The van der Waals surface area contributed by atoms with Crippen LogP contribution in [-0.2, 0) is 6.61 Å². The van der Waals surface area contributed by atoms with Crippen LogP contribution in [0.5, 0.6) is 5.75 Å². The van der Waals surface area contributed by atoms with Crippen LogP contribution in [0.2, 0.25) is 0 Å². The number of furan rings is 1. The quantitative estimate of drug-likeness (QED) is 0.160. The Bertz CT molecular complexity index is 1230. The molecule has 1 aromatic heterocycles. The average Bonchev–Trinajstić information content (AvgIpc) is 3.18. The summed E-state index contributed by atoms with van der Waals surface area (Å²) in [7, 11) is 0. The Hall–Kier alpha value is -2.65. The third-order valence-electron chi connectivity index (χ3n) is 4.52. The number of nitrogens with zero attached hydrogens (tertiary/aromatic N) is 1. The van der Waals surface area contributed by atoms with Gasteiger partial charge in [0.05, 0.1) is 14.3 Å². The summed E-state index contributed by atoms with van der Waals surface area (Å²) in [6, 6.07) is 21.2. The maximum absolute atomic E-state index is 12.3. The largest absolute Gasteiger partial charge is 0.487 e. The zero-order valence-corrected chi connectivity index (χ0v) is 20.3. The van der Waals surface area contributed by atoms with E-state index < -0.39 is 5.91 Å². The van der Waals surface area contributed by atoms with Crippen LogP contribution >= 0.6 is 38.5 Å². The molecule has 0 saturated carbocycles. The van der Waals surface area contributed by atoms with Crippen molar-refractivity contribution in [2.24, 2.45) is 5.10 Å². The van der Waals surface area contributed by atoms with Gasteiger partial charge in [0, 0.05) is 5.39 Å². The molecule has 0 unspecified atom stereocenters. The predicted octanol–water partition coefficient (Wildman–Crippen LogP) is 6.45. The Morgan fingerprint density at radius 3 is 2.77 bits per heavy atom. The number of benzene rings is 3. The lowest BCUT2D eigenvalue weighted by atomic mass is 10.1. The molecule has 3 aromatic carbocycles. The molecule has 0 bridgehead atoms. The molecule has 0 spiro atoms. The van der Waals surface area contributed by atoms with Gasteiger partial charge in [0.2, 0.25) is 0 Å². The lowest BCUT2D eigenvalue weighted by Crippen LogP contribution is -2.16. The van der Waals surface area contributed by atoms with Crippen molar-refractivity contribution in [1.82, 2.24) is 5.43 Å². The van der Waals surface area contributed by atoms with E-state index >= 15 is 0 Å². The van der Waals surface area contributed by atoms with Gasteiger partial charge in [-0.3, -0.25) is 4.79 Å². The van der Waals surface area contributed by atoms with E-state index in [2.05, 4.69) is 68.1 Å². The zero-order valence-electron chi connectivity index (χ0n) is 16.6. The minimum absolute atomic E-state index is 0.217. The number of ether oxygens (including phenoxy) is 1. The van der Waals surface area contributed by atoms with E-state index in [9.17, 15) is 4.79 Å². The van der Waals surface area contributed by atoms with Crippen molar-refractivity contribution >= 4 is 61.6 Å². The fourth-order valence-corrected chi connectivity index (χ4v) is 4.83. The van der Waals surface area contributed by atoms with Gasteiger partial charge in [0.1, 0.15) is 17.9 Å². The lowest BCUT2D eigenvalue weighted by molar-refractivity contribution is 0.0929. The van der Waals surface area contributed by atoms with E-state index in [4.69, 9.17) is 9.15 Å². The molecule has 1 amide bonds. The second-order valence-electron chi connectivity index (χ2n) is 6.94. The van der Waals surface area contributed by atoms with Gasteiger partial charge < -0.3 is 9.15 Å². The Morgan fingerprint density at radius 2 is 2.00 bits per heavy atom. The Morgan fingerprint density at radius 1 is 1.16 bits per heavy atom. The Labute approximate surface area is 201 Å². The Kier molecular flexibility index (Phi) is 6.72. The van der Waals surface area contributed by atoms with Crippen LogP contribution in [0.4, 0.5) is 0 Å². The van der Waals surface area contributed by atoms with Crippen LogP contribution in [0.25, 0.3) is 11.0 Å². The number of para-hydroxylation sites is 1. The fraction of sp³-hybridized carbons (Fsp3) is 0.0833. The highest BCUT2D eigenvalue weighted by Gasteiger charge is 2.12. The van der Waals surface area contributed by atoms with Crippen LogP contribution in [0.1, 0.15) is 27.2 Å². The van der Waals surface area contributed by atoms with Crippen LogP contribution in [0.3, 0.4) is 0 Å². The molecule has 0 aliphatic rings. The molecular formula is C24H18BrIN2O3. The highest BCUT2D eigenvalue weighted by Crippen LogP contribution is 2.32. The summed E-state index contributed by atoms with van der Waals surface area (Å²) in [6.45, 7) is 2.54. The minimum atomic E-state index is -0.403. The molecule has 0 radical (unpaired) electrons. The van der Waals surface area contributed by atoms with Gasteiger partial charge in [-0.15, -0.1) is 0 Å². The third-order valence-corrected chi connectivity index (χ3v) is 5.91. The summed E-state index contributed by atoms with van der Waals surface area (Å²) >= 11 is 5.79. The molecule has 5 nitrogen and oxygen atoms in total. The van der Waals surface area contributed by atoms with Gasteiger partial charge in [-0.1, -0.05) is 48.0 Å². The van der Waals surface area contributed by atoms with E-state index in [1.165, 1.54) is 5.56 Å². The maximum atomic E-state index is 12.3. The SMILES string of the molecule is Cc1cccc(COc2c(Br)cc(/C=N/NC(=O)c3cc4ccccc4o3)cc2I)c1. The van der Waals surface area contributed by atoms with Crippen LogP contribution < -0.4 is 10.2 Å². The Balaban J connectivity index is 1.41. The molecule has 0 aliphatic heterocycles. The van der Waals surface area contributed by atoms with Crippen LogP contribution in [0.15, 0.2) is 80.7 Å². The van der Waals surface area contributed by atoms with Gasteiger partial charge in [0.25, 0.3) is 0 Å². The van der Waals surface area contributed by atoms with Gasteiger partial charge in [-0.2, -0.15) is 5.10 Å². The van der Waals surface area contributed by atoms with Crippen molar-refractivity contribution in [3.8, 4) is 5.75 Å². The van der Waals surface area contributed by atoms with Crippen molar-refractivity contribution in [2.45, 2.75) is 13.5 Å². The number of fused-ring (bicyclic) bond motifs is 1. The first-order valence-corrected chi connectivity index (χ1v) is 11.4. The second-order valence-corrected chi connectivity index (χ2v) is 8.96. The topological polar surface area (TPSA) is 63.8 Å². The number of aryl methyl sites for hydroxylation is 1. The normalized spacial score (nSPS) is 11.2. The number of carbonyl (C=O) groups excluding carboxylic acids is 1. The number of nitrogens with one attached hydrogen (secondary N) is 1. The van der Waals surface area contributed by atoms with Crippen molar-refractivity contribution < 1.29 is 13.9 Å². The monoisotopic (exact) mass is 588 g/mol. The average molecular weight is 589 g/mol. The third kappa shape index (κ3) is 5.34. The number of rotatable bonds is 6. The molecule has 4 aromatic rings. The van der Waals surface area contributed by atoms with Crippen molar-refractivity contribution in [1.29, 1.82) is 0 Å². The van der Waals surface area contributed by atoms with Gasteiger partial charge in [-0.05, 0) is 80.8 Å². The van der Waals surface area contributed by atoms with Gasteiger partial charge in [0.15, 0.2) is 5.76 Å². The highest BCUT2D eigenvalue weighted by atomic mass is 127. The number of halogens is 2. The predicted molar refractivity (Wildman–Crippen MR) is 134 cm³/mol. The molecular weight excluding hydrogens is 571 g/mol. The standard InChI is InChI=1S/C24H18BrIN2O3/c1-15-5-4-6-16(9-15)14-30-23-19(25)10-17(11-20(23)26)13-27-28-24(29)22-12-18-7-2-3-8-21(18)31-22/h2-13H,14H2,1H3,(H,28,29)/b27-13+. The molecule has 0 fully saturated rings. The van der Waals surface area contributed by atoms with Crippen LogP contribution in [-0.4, -0.2) is 12.1 Å². The minimum Gasteiger partial charge on any atom is -0.487 e. The smallest absolute Gasteiger partial charge is 0.307 e. The molecule has 31 heavy (non-hydrogen) atoms. The first-order valence-electron chi connectivity index (χ1n) is 9.49. The van der Waals surface area contributed by atoms with Crippen molar-refractivity contribution in [2.75, 3.05) is 0 Å². The molecule has 7 heteroatoms. The molecule has 156 valence electrons. The molecule has 0 atom stereocenters. The number of carbonyl (C=O) groups is 1. The summed E-state index contributed by atoms with van der Waals surface area (Å²) in [5.74, 6) is 0.582. The number of hydrazone groups is 1. The number of hydrogen-bond acceptors (Lipinski definition) is 4. The highest BCUT2D eigenvalue weighted by molar-refractivity contribution is 14.1. The summed E-state index contributed by atoms with van der Waals surface area (Å²) < 4.78 is 13.3. The lowest BCUT2D eigenvalue weighted by Gasteiger charge is -2.11. The summed E-state index contributed by atoms with van der Waals surface area (Å²) in [6.07, 6.45) is 1.58. The molecule has 0 aliphatic carbocycles. The summed E-state index contributed by atoms with van der Waals surface area (Å²) in [4.78, 5) is 12.3. The van der Waals surface area contributed by atoms with Gasteiger partial charge in [-0.25, -0.2) is 5.43 Å². The second kappa shape index (κ2) is 9.65. The summed E-state index contributed by atoms with van der Waals surface area (Å²) in [5, 5.41) is 4.93. The summed E-state index contributed by atoms with van der Waals surface area (Å²) in [5.41, 5.74) is 6.30. The van der Waals surface area contributed by atoms with Crippen LogP contribution in [0, 0.1) is 10.5 Å². The van der Waals surface area contributed by atoms with E-state index in [0.717, 1.165) is 30.3 Å². The van der Waals surface area contributed by atoms with Crippen molar-refractivity contribution in [3.05, 3.63) is 97.2 Å². The maximum Gasteiger partial charge on any atom is 0.307 e. The van der Waals surface area contributed by atoms with E-state index in [1.54, 1.807) is 12.3 Å². The first-order chi connectivity index (χ1) is 15.0. The molecule has 1 N–H and O–H groups in total. The molecule has 4 rings (SSSR count). The fourth-order valence-electron chi connectivity index (χ4n) is 3.06. The zero-order chi connectivity index (χ0) is 21.8. The number of amides is 1. The van der Waals surface area contributed by atoms with E-state index in [-0.39, 0.29) is 5.76 Å². The first kappa shape index (κ1) is 21.6.